The Bertz CT molecular complexity index is 830. The van der Waals surface area contributed by atoms with Crippen molar-refractivity contribution in [1.29, 1.82) is 0 Å². The number of hydrogen-bond donors (Lipinski definition) is 0. The Morgan fingerprint density at radius 2 is 1.76 bits per heavy atom. The second kappa shape index (κ2) is 9.13. The van der Waals surface area contributed by atoms with Crippen LogP contribution >= 0.6 is 0 Å². The van der Waals surface area contributed by atoms with E-state index in [1.165, 1.54) is 0 Å². The first-order valence-electron chi connectivity index (χ1n) is 10.3. The number of hydrogen-bond acceptors (Lipinski definition) is 6. The molecular formula is C22H28N4O3. The van der Waals surface area contributed by atoms with Gasteiger partial charge in [-0.3, -0.25) is 4.79 Å². The molecule has 0 aliphatic carbocycles. The van der Waals surface area contributed by atoms with Crippen LogP contribution in [0.1, 0.15) is 17.3 Å². The summed E-state index contributed by atoms with van der Waals surface area (Å²) in [6.07, 6.45) is 1.75. The molecule has 1 aromatic carbocycles. The van der Waals surface area contributed by atoms with E-state index in [0.717, 1.165) is 43.4 Å². The first-order valence-corrected chi connectivity index (χ1v) is 10.3. The average molecular weight is 396 g/mol. The van der Waals surface area contributed by atoms with Crippen LogP contribution in [0.25, 0.3) is 0 Å². The van der Waals surface area contributed by atoms with Gasteiger partial charge in [-0.25, -0.2) is 4.98 Å². The quantitative estimate of drug-likeness (QED) is 0.773. The van der Waals surface area contributed by atoms with Crippen molar-refractivity contribution in [2.24, 2.45) is 0 Å². The third-order valence-electron chi connectivity index (χ3n) is 5.40. The summed E-state index contributed by atoms with van der Waals surface area (Å²) in [7, 11) is 0. The lowest BCUT2D eigenvalue weighted by Gasteiger charge is -2.37. The molecule has 3 heterocycles. The van der Waals surface area contributed by atoms with Gasteiger partial charge < -0.3 is 24.2 Å². The number of benzene rings is 1. The lowest BCUT2D eigenvalue weighted by Crippen LogP contribution is -2.49. The number of nitrogens with zero attached hydrogens (tertiary/aromatic N) is 4. The zero-order valence-corrected chi connectivity index (χ0v) is 16.9. The third-order valence-corrected chi connectivity index (χ3v) is 5.40. The number of amides is 1. The number of aromatic nitrogens is 1. The SMILES string of the molecule is CCOc1ccccc1N1CCN(C(=O)c2cccnc2N2CCOCC2)CC1. The Labute approximate surface area is 171 Å². The van der Waals surface area contributed by atoms with E-state index in [0.29, 0.717) is 38.5 Å². The monoisotopic (exact) mass is 396 g/mol. The predicted octanol–water partition coefficient (Wildman–Crippen LogP) is 2.28. The van der Waals surface area contributed by atoms with Crippen molar-refractivity contribution in [2.75, 3.05) is 68.9 Å². The molecule has 1 aromatic heterocycles. The number of carbonyl (C=O) groups is 1. The van der Waals surface area contributed by atoms with Crippen LogP contribution in [0, 0.1) is 0 Å². The van der Waals surface area contributed by atoms with E-state index in [-0.39, 0.29) is 5.91 Å². The van der Waals surface area contributed by atoms with Crippen LogP contribution in [0.15, 0.2) is 42.6 Å². The van der Waals surface area contributed by atoms with Gasteiger partial charge in [-0.15, -0.1) is 0 Å². The van der Waals surface area contributed by atoms with Gasteiger partial charge >= 0.3 is 0 Å². The molecule has 4 rings (SSSR count). The summed E-state index contributed by atoms with van der Waals surface area (Å²) in [5, 5.41) is 0. The van der Waals surface area contributed by atoms with Gasteiger partial charge in [-0.1, -0.05) is 12.1 Å². The fourth-order valence-electron chi connectivity index (χ4n) is 3.91. The molecule has 0 atom stereocenters. The molecular weight excluding hydrogens is 368 g/mol. The zero-order valence-electron chi connectivity index (χ0n) is 16.9. The van der Waals surface area contributed by atoms with Gasteiger partial charge in [0.05, 0.1) is 31.1 Å². The first-order chi connectivity index (χ1) is 14.3. The Balaban J connectivity index is 1.45. The lowest BCUT2D eigenvalue weighted by atomic mass is 10.1. The second-order valence-corrected chi connectivity index (χ2v) is 7.15. The fraction of sp³-hybridized carbons (Fsp3) is 0.455. The molecule has 2 saturated heterocycles. The number of morpholine rings is 1. The van der Waals surface area contributed by atoms with Crippen LogP contribution in [-0.4, -0.2) is 74.9 Å². The predicted molar refractivity (Wildman–Crippen MR) is 113 cm³/mol. The van der Waals surface area contributed by atoms with E-state index in [4.69, 9.17) is 9.47 Å². The maximum absolute atomic E-state index is 13.3. The molecule has 1 amide bonds. The molecule has 0 N–H and O–H groups in total. The van der Waals surface area contributed by atoms with Crippen LogP contribution in [0.2, 0.25) is 0 Å². The van der Waals surface area contributed by atoms with Gasteiger partial charge in [0.1, 0.15) is 11.6 Å². The summed E-state index contributed by atoms with van der Waals surface area (Å²) in [4.78, 5) is 24.1. The van der Waals surface area contributed by atoms with E-state index in [9.17, 15) is 4.79 Å². The van der Waals surface area contributed by atoms with Crippen LogP contribution < -0.4 is 14.5 Å². The normalized spacial score (nSPS) is 17.3. The van der Waals surface area contributed by atoms with Gasteiger partial charge in [0.25, 0.3) is 5.91 Å². The summed E-state index contributed by atoms with van der Waals surface area (Å²) < 4.78 is 11.2. The first kappa shape index (κ1) is 19.5. The highest BCUT2D eigenvalue weighted by atomic mass is 16.5. The molecule has 0 bridgehead atoms. The lowest BCUT2D eigenvalue weighted by molar-refractivity contribution is 0.0745. The number of carbonyl (C=O) groups excluding carboxylic acids is 1. The van der Waals surface area contributed by atoms with Crippen molar-refractivity contribution in [1.82, 2.24) is 9.88 Å². The Morgan fingerprint density at radius 3 is 2.52 bits per heavy atom. The molecule has 2 fully saturated rings. The minimum Gasteiger partial charge on any atom is -0.492 e. The summed E-state index contributed by atoms with van der Waals surface area (Å²) in [5.41, 5.74) is 1.77. The van der Waals surface area contributed by atoms with Crippen LogP contribution in [-0.2, 0) is 4.74 Å². The fourth-order valence-corrected chi connectivity index (χ4v) is 3.91. The zero-order chi connectivity index (χ0) is 20.1. The van der Waals surface area contributed by atoms with Gasteiger partial charge in [0.15, 0.2) is 0 Å². The van der Waals surface area contributed by atoms with Gasteiger partial charge in [-0.2, -0.15) is 0 Å². The number of rotatable bonds is 5. The molecule has 7 heteroatoms. The standard InChI is InChI=1S/C22H28N4O3/c1-2-29-20-8-4-3-7-19(20)24-10-12-26(13-11-24)22(27)18-6-5-9-23-21(18)25-14-16-28-17-15-25/h3-9H,2,10-17H2,1H3. The summed E-state index contributed by atoms with van der Waals surface area (Å²) >= 11 is 0. The van der Waals surface area contributed by atoms with E-state index in [1.54, 1.807) is 6.20 Å². The molecule has 7 nitrogen and oxygen atoms in total. The van der Waals surface area contributed by atoms with Crippen molar-refractivity contribution < 1.29 is 14.3 Å². The van der Waals surface area contributed by atoms with E-state index < -0.39 is 0 Å². The van der Waals surface area contributed by atoms with Gasteiger partial charge in [0, 0.05) is 45.5 Å². The molecule has 154 valence electrons. The number of ether oxygens (including phenoxy) is 2. The third kappa shape index (κ3) is 4.29. The molecule has 0 unspecified atom stereocenters. The number of piperazine rings is 1. The molecule has 29 heavy (non-hydrogen) atoms. The van der Waals surface area contributed by atoms with Crippen LogP contribution in [0.5, 0.6) is 5.75 Å². The number of anilines is 2. The van der Waals surface area contributed by atoms with E-state index in [1.807, 2.05) is 42.2 Å². The molecule has 2 aliphatic heterocycles. The van der Waals surface area contributed by atoms with Gasteiger partial charge in [-0.05, 0) is 31.2 Å². The Hall–Kier alpha value is -2.80. The highest BCUT2D eigenvalue weighted by molar-refractivity contribution is 5.99. The minimum absolute atomic E-state index is 0.0531. The Kier molecular flexibility index (Phi) is 6.14. The Morgan fingerprint density at radius 1 is 1.00 bits per heavy atom. The van der Waals surface area contributed by atoms with Crippen molar-refractivity contribution in [3.8, 4) is 5.75 Å². The highest BCUT2D eigenvalue weighted by Gasteiger charge is 2.27. The molecule has 2 aliphatic rings. The van der Waals surface area contributed by atoms with Crippen molar-refractivity contribution in [3.63, 3.8) is 0 Å². The second-order valence-electron chi connectivity index (χ2n) is 7.15. The van der Waals surface area contributed by atoms with Crippen molar-refractivity contribution in [3.05, 3.63) is 48.2 Å². The van der Waals surface area contributed by atoms with Crippen LogP contribution in [0.3, 0.4) is 0 Å². The average Bonchev–Trinajstić information content (AvgIpc) is 2.80. The molecule has 0 radical (unpaired) electrons. The van der Waals surface area contributed by atoms with E-state index in [2.05, 4.69) is 20.9 Å². The maximum atomic E-state index is 13.3. The molecule has 0 spiro atoms. The van der Waals surface area contributed by atoms with Gasteiger partial charge in [0.2, 0.25) is 0 Å². The minimum atomic E-state index is 0.0531. The van der Waals surface area contributed by atoms with Crippen LogP contribution in [0.4, 0.5) is 11.5 Å². The van der Waals surface area contributed by atoms with Crippen molar-refractivity contribution >= 4 is 17.4 Å². The molecule has 2 aromatic rings. The highest BCUT2D eigenvalue weighted by Crippen LogP contribution is 2.29. The topological polar surface area (TPSA) is 58.1 Å². The summed E-state index contributed by atoms with van der Waals surface area (Å²) in [5.74, 6) is 1.72. The van der Waals surface area contributed by atoms with Crippen molar-refractivity contribution in [2.45, 2.75) is 6.92 Å². The summed E-state index contributed by atoms with van der Waals surface area (Å²) in [6, 6.07) is 11.8. The largest absolute Gasteiger partial charge is 0.492 e. The smallest absolute Gasteiger partial charge is 0.257 e. The molecule has 0 saturated carbocycles. The maximum Gasteiger partial charge on any atom is 0.257 e. The number of para-hydroxylation sites is 2. The summed E-state index contributed by atoms with van der Waals surface area (Å²) in [6.45, 7) is 8.41. The van der Waals surface area contributed by atoms with E-state index >= 15 is 0 Å². The number of pyridine rings is 1.